The molecule has 0 aliphatic heterocycles. The fraction of sp³-hybridized carbons (Fsp3) is 0.127. The van der Waals surface area contributed by atoms with Crippen LogP contribution in [0.5, 0.6) is 0 Å². The van der Waals surface area contributed by atoms with Crippen molar-refractivity contribution in [3.8, 4) is 56.7 Å². The molecule has 0 atom stereocenters. The van der Waals surface area contributed by atoms with Gasteiger partial charge in [0.05, 0.1) is 17.1 Å². The van der Waals surface area contributed by atoms with Crippen LogP contribution in [0.4, 0.5) is 34.6 Å². The second kappa shape index (κ2) is 20.7. The molecule has 2 heterocycles. The Bertz CT molecular complexity index is 4200. The van der Waals surface area contributed by atoms with Gasteiger partial charge in [0.25, 0.3) is 0 Å². The molecule has 0 saturated carbocycles. The van der Waals surface area contributed by atoms with Crippen LogP contribution in [-0.4, -0.2) is 29.9 Å². The van der Waals surface area contributed by atoms with Gasteiger partial charge in [-0.2, -0.15) is 19.9 Å². The van der Waals surface area contributed by atoms with Gasteiger partial charge in [0.2, 0.25) is 11.9 Å². The van der Waals surface area contributed by atoms with Crippen molar-refractivity contribution in [2.24, 2.45) is 0 Å². The fourth-order valence-electron chi connectivity index (χ4n) is 11.7. The van der Waals surface area contributed by atoms with E-state index in [0.29, 0.717) is 35.2 Å². The summed E-state index contributed by atoms with van der Waals surface area (Å²) >= 11 is 0. The van der Waals surface area contributed by atoms with Gasteiger partial charge in [-0.3, -0.25) is 0 Å². The number of anilines is 6. The number of nitrogens with zero attached hydrogens (tertiary/aromatic N) is 8. The molecule has 0 aliphatic carbocycles. The molecule has 0 fully saturated rings. The molecule has 0 amide bonds. The smallest absolute Gasteiger partial charge is 0.241 e. The van der Waals surface area contributed by atoms with E-state index in [4.69, 9.17) is 29.9 Å². The average molecular weight is 1030 g/mol. The van der Waals surface area contributed by atoms with Crippen LogP contribution < -0.4 is 9.80 Å². The van der Waals surface area contributed by atoms with Crippen LogP contribution in [0.2, 0.25) is 0 Å². The Balaban J connectivity index is 1.19. The van der Waals surface area contributed by atoms with Crippen molar-refractivity contribution in [3.63, 3.8) is 0 Å². The summed E-state index contributed by atoms with van der Waals surface area (Å²) in [6.45, 7) is 19.9. The van der Waals surface area contributed by atoms with Gasteiger partial charge in [0.15, 0.2) is 23.3 Å². The number of aryl methyl sites for hydroxylation is 7. The van der Waals surface area contributed by atoms with Crippen molar-refractivity contribution in [1.29, 1.82) is 0 Å². The zero-order chi connectivity index (χ0) is 54.5. The minimum Gasteiger partial charge on any atom is -0.309 e. The molecule has 0 aliphatic rings. The van der Waals surface area contributed by atoms with Crippen molar-refractivity contribution in [3.05, 3.63) is 250 Å². The van der Waals surface area contributed by atoms with Crippen molar-refractivity contribution >= 4 is 56.2 Å². The number of hydrogen-bond acceptors (Lipinski definition) is 8. The summed E-state index contributed by atoms with van der Waals surface area (Å²) in [5, 5.41) is 4.32. The Morgan fingerprint density at radius 3 is 1.24 bits per heavy atom. The number of benzene rings is 10. The lowest BCUT2D eigenvalue weighted by Gasteiger charge is -2.35. The monoisotopic (exact) mass is 1020 g/mol. The topological polar surface area (TPSA) is 83.8 Å². The predicted octanol–water partition coefficient (Wildman–Crippen LogP) is 18.4. The van der Waals surface area contributed by atoms with Crippen molar-refractivity contribution in [1.82, 2.24) is 29.9 Å². The summed E-state index contributed by atoms with van der Waals surface area (Å²) in [7, 11) is 0. The van der Waals surface area contributed by atoms with Crippen LogP contribution in [0, 0.1) is 62.3 Å². The normalized spacial score (nSPS) is 11.4. The molecule has 2 aromatic heterocycles. The van der Waals surface area contributed by atoms with Crippen molar-refractivity contribution in [2.45, 2.75) is 62.3 Å². The molecule has 0 N–H and O–H groups in total. The highest BCUT2D eigenvalue weighted by molar-refractivity contribution is 6.04. The summed E-state index contributed by atoms with van der Waals surface area (Å²) in [6.07, 6.45) is 0. The lowest BCUT2D eigenvalue weighted by atomic mass is 9.93. The molecule has 10 aromatic carbocycles. The highest BCUT2D eigenvalue weighted by Gasteiger charge is 2.31. The first-order valence-electron chi connectivity index (χ1n) is 27.0. The van der Waals surface area contributed by atoms with Crippen LogP contribution in [0.3, 0.4) is 0 Å². The Morgan fingerprint density at radius 1 is 0.291 bits per heavy atom. The Labute approximate surface area is 462 Å². The van der Waals surface area contributed by atoms with Crippen LogP contribution in [0.25, 0.3) is 78.2 Å². The summed E-state index contributed by atoms with van der Waals surface area (Å²) in [6, 6.07) is 69.8. The molecule has 0 saturated heterocycles. The molecule has 79 heavy (non-hydrogen) atoms. The zero-order valence-corrected chi connectivity index (χ0v) is 46.1. The van der Waals surface area contributed by atoms with Gasteiger partial charge in [0.1, 0.15) is 0 Å². The Hall–Kier alpha value is -9.66. The van der Waals surface area contributed by atoms with E-state index in [1.165, 1.54) is 33.4 Å². The SMILES string of the molecule is Cc1cc(C)c(N(c2cc(C)c(N(c3nc(-c4ccccc4)nc(-c4ccc5ccccc5c4-c4ccccc4)n3)c3nc(-c4ccccc4)nc(-c4cccc5ccccc45)n3)c(C)c2C)c2c(C)cc(C)cc2C)c(C)c1. The molecule has 0 spiro atoms. The summed E-state index contributed by atoms with van der Waals surface area (Å²) < 4.78 is 0. The molecule has 8 nitrogen and oxygen atoms in total. The first-order valence-corrected chi connectivity index (χ1v) is 27.0. The zero-order valence-electron chi connectivity index (χ0n) is 46.1. The molecule has 0 bridgehead atoms. The van der Waals surface area contributed by atoms with E-state index >= 15 is 0 Å². The van der Waals surface area contributed by atoms with E-state index in [-0.39, 0.29) is 0 Å². The fourth-order valence-corrected chi connectivity index (χ4v) is 11.7. The highest BCUT2D eigenvalue weighted by atomic mass is 15.4. The van der Waals surface area contributed by atoms with E-state index in [2.05, 4.69) is 224 Å². The average Bonchev–Trinajstić information content (AvgIpc) is 3.50. The summed E-state index contributed by atoms with van der Waals surface area (Å²) in [5.41, 5.74) is 20.1. The van der Waals surface area contributed by atoms with Crippen LogP contribution in [0.1, 0.15) is 50.1 Å². The van der Waals surface area contributed by atoms with E-state index in [9.17, 15) is 0 Å². The van der Waals surface area contributed by atoms with Crippen LogP contribution >= 0.6 is 0 Å². The molecule has 0 unspecified atom stereocenters. The quantitative estimate of drug-likeness (QED) is 0.127. The molecule has 12 rings (SSSR count). The summed E-state index contributed by atoms with van der Waals surface area (Å²) in [5.74, 6) is 2.78. The van der Waals surface area contributed by atoms with Gasteiger partial charge in [-0.1, -0.05) is 199 Å². The minimum atomic E-state index is 0.357. The maximum Gasteiger partial charge on any atom is 0.241 e. The van der Waals surface area contributed by atoms with Gasteiger partial charge in [-0.05, 0) is 140 Å². The van der Waals surface area contributed by atoms with Gasteiger partial charge >= 0.3 is 0 Å². The molecule has 8 heteroatoms. The highest BCUT2D eigenvalue weighted by Crippen LogP contribution is 2.49. The number of hydrogen-bond donors (Lipinski definition) is 0. The number of rotatable bonds is 11. The van der Waals surface area contributed by atoms with Crippen molar-refractivity contribution in [2.75, 3.05) is 9.80 Å². The molecule has 384 valence electrons. The van der Waals surface area contributed by atoms with E-state index in [1.54, 1.807) is 0 Å². The van der Waals surface area contributed by atoms with E-state index in [1.807, 2.05) is 48.5 Å². The molecule has 12 aromatic rings. The third kappa shape index (κ3) is 9.35. The minimum absolute atomic E-state index is 0.357. The summed E-state index contributed by atoms with van der Waals surface area (Å²) in [4.78, 5) is 37.5. The molecular formula is C71H60N8. The second-order valence-corrected chi connectivity index (χ2v) is 20.9. The largest absolute Gasteiger partial charge is 0.309 e. The Morgan fingerprint density at radius 2 is 0.709 bits per heavy atom. The molecular weight excluding hydrogens is 965 g/mol. The van der Waals surface area contributed by atoms with Gasteiger partial charge in [-0.25, -0.2) is 14.9 Å². The number of fused-ring (bicyclic) bond motifs is 2. The van der Waals surface area contributed by atoms with Crippen molar-refractivity contribution < 1.29 is 0 Å². The van der Waals surface area contributed by atoms with Crippen LogP contribution in [-0.2, 0) is 0 Å². The first kappa shape index (κ1) is 50.2. The second-order valence-electron chi connectivity index (χ2n) is 20.9. The van der Waals surface area contributed by atoms with Crippen LogP contribution in [0.15, 0.2) is 200 Å². The van der Waals surface area contributed by atoms with E-state index in [0.717, 1.165) is 94.4 Å². The molecule has 0 radical (unpaired) electrons. The third-order valence-electron chi connectivity index (χ3n) is 15.2. The van der Waals surface area contributed by atoms with Gasteiger partial charge in [0, 0.05) is 33.5 Å². The van der Waals surface area contributed by atoms with E-state index < -0.39 is 0 Å². The predicted molar refractivity (Wildman–Crippen MR) is 327 cm³/mol. The lowest BCUT2D eigenvalue weighted by molar-refractivity contribution is 0.956. The maximum absolute atomic E-state index is 5.65. The Kier molecular flexibility index (Phi) is 13.2. The first-order chi connectivity index (χ1) is 38.4. The lowest BCUT2D eigenvalue weighted by Crippen LogP contribution is -2.22. The van der Waals surface area contributed by atoms with Gasteiger partial charge < -0.3 is 4.90 Å². The third-order valence-corrected chi connectivity index (χ3v) is 15.2. The maximum atomic E-state index is 5.65. The number of aromatic nitrogens is 6. The van der Waals surface area contributed by atoms with Gasteiger partial charge in [-0.15, -0.1) is 0 Å². The standard InChI is InChI=1S/C71H60N8/c1-43-38-45(3)63(46(4)39-43)78(64-47(5)40-44(2)41-48(64)6)61-42-49(7)65(51(9)50(61)8)79(70-74-66(55-28-15-11-16-29-55)72-68(76-70)59-35-23-32-52-24-19-21-33-57(52)59)71-75-67(56-30-17-12-18-31-56)73-69(77-71)60-37-36-53-25-20-22-34-58(53)62(60)54-26-13-10-14-27-54/h10-42H,1-9H3.